The fourth-order valence-electron chi connectivity index (χ4n) is 1.76. The van der Waals surface area contributed by atoms with Crippen molar-refractivity contribution in [3.05, 3.63) is 52.4 Å². The van der Waals surface area contributed by atoms with Crippen LogP contribution in [0.1, 0.15) is 15.9 Å². The van der Waals surface area contributed by atoms with Crippen LogP contribution in [0.25, 0.3) is 0 Å². The van der Waals surface area contributed by atoms with E-state index in [4.69, 9.17) is 9.15 Å². The molecule has 0 bridgehead atoms. The van der Waals surface area contributed by atoms with E-state index in [1.807, 2.05) is 31.2 Å². The SMILES string of the molecule is Cc1ccccc1OCCN(C)C(=O)c1ccoc1Br. The van der Waals surface area contributed by atoms with Crippen molar-refractivity contribution in [3.63, 3.8) is 0 Å². The predicted octanol–water partition coefficient (Wildman–Crippen LogP) is 3.50. The number of likely N-dealkylation sites (N-methyl/N-ethyl adjacent to an activating group) is 1. The van der Waals surface area contributed by atoms with Crippen LogP contribution in [-0.2, 0) is 0 Å². The summed E-state index contributed by atoms with van der Waals surface area (Å²) in [4.78, 5) is 13.7. The molecule has 0 aliphatic carbocycles. The van der Waals surface area contributed by atoms with Crippen LogP contribution in [-0.4, -0.2) is 31.0 Å². The van der Waals surface area contributed by atoms with Gasteiger partial charge in [0.2, 0.25) is 0 Å². The van der Waals surface area contributed by atoms with E-state index in [0.29, 0.717) is 23.4 Å². The number of nitrogens with zero attached hydrogens (tertiary/aromatic N) is 1. The molecule has 2 rings (SSSR count). The summed E-state index contributed by atoms with van der Waals surface area (Å²) in [6.45, 7) is 2.94. The second kappa shape index (κ2) is 6.61. The first-order valence-electron chi connectivity index (χ1n) is 6.26. The minimum Gasteiger partial charge on any atom is -0.491 e. The normalized spacial score (nSPS) is 10.3. The number of halogens is 1. The lowest BCUT2D eigenvalue weighted by atomic mass is 10.2. The lowest BCUT2D eigenvalue weighted by molar-refractivity contribution is 0.0771. The fourth-order valence-corrected chi connectivity index (χ4v) is 2.17. The van der Waals surface area contributed by atoms with Crippen LogP contribution in [0.3, 0.4) is 0 Å². The number of carbonyl (C=O) groups excluding carboxylic acids is 1. The summed E-state index contributed by atoms with van der Waals surface area (Å²) in [7, 11) is 1.74. The van der Waals surface area contributed by atoms with E-state index in [-0.39, 0.29) is 5.91 Å². The van der Waals surface area contributed by atoms with E-state index >= 15 is 0 Å². The first-order chi connectivity index (χ1) is 9.59. The van der Waals surface area contributed by atoms with Gasteiger partial charge in [0.05, 0.1) is 18.4 Å². The Morgan fingerprint density at radius 2 is 2.10 bits per heavy atom. The van der Waals surface area contributed by atoms with Gasteiger partial charge in [-0.3, -0.25) is 4.79 Å². The third kappa shape index (κ3) is 3.42. The lowest BCUT2D eigenvalue weighted by Gasteiger charge is -2.17. The average Bonchev–Trinajstić information content (AvgIpc) is 2.86. The molecule has 0 radical (unpaired) electrons. The van der Waals surface area contributed by atoms with E-state index in [9.17, 15) is 4.79 Å². The Bertz CT molecular complexity index is 594. The number of hydrogen-bond donors (Lipinski definition) is 0. The van der Waals surface area contributed by atoms with E-state index in [2.05, 4.69) is 15.9 Å². The highest BCUT2D eigenvalue weighted by Crippen LogP contribution is 2.19. The summed E-state index contributed by atoms with van der Waals surface area (Å²) in [6, 6.07) is 9.45. The maximum Gasteiger partial charge on any atom is 0.258 e. The highest BCUT2D eigenvalue weighted by molar-refractivity contribution is 9.10. The Kier molecular flexibility index (Phi) is 4.84. The maximum atomic E-state index is 12.1. The third-order valence-electron chi connectivity index (χ3n) is 2.97. The molecular formula is C15H16BrNO3. The number of hydrogen-bond acceptors (Lipinski definition) is 3. The van der Waals surface area contributed by atoms with Gasteiger partial charge in [-0.05, 0) is 40.5 Å². The minimum absolute atomic E-state index is 0.0981. The van der Waals surface area contributed by atoms with Crippen LogP contribution < -0.4 is 4.74 Å². The molecule has 1 aromatic heterocycles. The number of ether oxygens (including phenoxy) is 1. The summed E-state index contributed by atoms with van der Waals surface area (Å²) < 4.78 is 11.2. The Hall–Kier alpha value is -1.75. The van der Waals surface area contributed by atoms with E-state index in [0.717, 1.165) is 11.3 Å². The van der Waals surface area contributed by atoms with Crippen molar-refractivity contribution in [3.8, 4) is 5.75 Å². The second-order valence-electron chi connectivity index (χ2n) is 4.45. The van der Waals surface area contributed by atoms with Gasteiger partial charge in [0.25, 0.3) is 5.91 Å². The molecule has 2 aromatic rings. The number of para-hydroxylation sites is 1. The molecule has 0 fully saturated rings. The van der Waals surface area contributed by atoms with Gasteiger partial charge in [0.1, 0.15) is 12.4 Å². The van der Waals surface area contributed by atoms with Crippen LogP contribution in [0.15, 0.2) is 45.7 Å². The molecule has 106 valence electrons. The number of carbonyl (C=O) groups is 1. The first kappa shape index (κ1) is 14.7. The Balaban J connectivity index is 1.87. The highest BCUT2D eigenvalue weighted by Gasteiger charge is 2.16. The lowest BCUT2D eigenvalue weighted by Crippen LogP contribution is -2.30. The van der Waals surface area contributed by atoms with Gasteiger partial charge in [0, 0.05) is 7.05 Å². The van der Waals surface area contributed by atoms with Crippen LogP contribution >= 0.6 is 15.9 Å². The minimum atomic E-state index is -0.0981. The van der Waals surface area contributed by atoms with Crippen molar-refractivity contribution in [2.45, 2.75) is 6.92 Å². The van der Waals surface area contributed by atoms with Gasteiger partial charge >= 0.3 is 0 Å². The van der Waals surface area contributed by atoms with Gasteiger partial charge in [-0.2, -0.15) is 0 Å². The molecule has 0 atom stereocenters. The zero-order valence-corrected chi connectivity index (χ0v) is 13.0. The van der Waals surface area contributed by atoms with Crippen molar-refractivity contribution < 1.29 is 13.9 Å². The molecule has 4 nitrogen and oxygen atoms in total. The van der Waals surface area contributed by atoms with Gasteiger partial charge in [-0.25, -0.2) is 0 Å². The zero-order chi connectivity index (χ0) is 14.5. The smallest absolute Gasteiger partial charge is 0.258 e. The van der Waals surface area contributed by atoms with E-state index in [1.165, 1.54) is 6.26 Å². The number of benzene rings is 1. The molecule has 0 saturated heterocycles. The van der Waals surface area contributed by atoms with E-state index in [1.54, 1.807) is 18.0 Å². The standard InChI is InChI=1S/C15H16BrNO3/c1-11-5-3-4-6-13(11)19-10-8-17(2)15(18)12-7-9-20-14(12)16/h3-7,9H,8,10H2,1-2H3. The van der Waals surface area contributed by atoms with Crippen LogP contribution in [0.4, 0.5) is 0 Å². The van der Waals surface area contributed by atoms with E-state index < -0.39 is 0 Å². The van der Waals surface area contributed by atoms with Gasteiger partial charge in [-0.15, -0.1) is 0 Å². The maximum absolute atomic E-state index is 12.1. The summed E-state index contributed by atoms with van der Waals surface area (Å²) in [6.07, 6.45) is 1.48. The zero-order valence-electron chi connectivity index (χ0n) is 11.4. The summed E-state index contributed by atoms with van der Waals surface area (Å²) >= 11 is 3.20. The van der Waals surface area contributed by atoms with Gasteiger partial charge in [-0.1, -0.05) is 18.2 Å². The molecule has 0 N–H and O–H groups in total. The van der Waals surface area contributed by atoms with Crippen molar-refractivity contribution in [2.24, 2.45) is 0 Å². The van der Waals surface area contributed by atoms with Crippen molar-refractivity contribution in [1.82, 2.24) is 4.90 Å². The number of rotatable bonds is 5. The molecule has 5 heteroatoms. The summed E-state index contributed by atoms with van der Waals surface area (Å²) in [5.74, 6) is 0.747. The Labute approximate surface area is 126 Å². The molecule has 20 heavy (non-hydrogen) atoms. The second-order valence-corrected chi connectivity index (χ2v) is 5.17. The predicted molar refractivity (Wildman–Crippen MR) is 80.0 cm³/mol. The largest absolute Gasteiger partial charge is 0.491 e. The topological polar surface area (TPSA) is 42.7 Å². The highest BCUT2D eigenvalue weighted by atomic mass is 79.9. The monoisotopic (exact) mass is 337 g/mol. The molecule has 0 saturated carbocycles. The third-order valence-corrected chi connectivity index (χ3v) is 3.59. The quantitative estimate of drug-likeness (QED) is 0.838. The molecule has 0 aliphatic heterocycles. The molecule has 1 amide bonds. The summed E-state index contributed by atoms with van der Waals surface area (Å²) in [5, 5.41) is 0. The summed E-state index contributed by atoms with van der Waals surface area (Å²) in [5.41, 5.74) is 1.60. The molecular weight excluding hydrogens is 322 g/mol. The number of amides is 1. The van der Waals surface area contributed by atoms with Crippen molar-refractivity contribution in [1.29, 1.82) is 0 Å². The first-order valence-corrected chi connectivity index (χ1v) is 7.06. The van der Waals surface area contributed by atoms with Crippen LogP contribution in [0, 0.1) is 6.92 Å². The van der Waals surface area contributed by atoms with Crippen molar-refractivity contribution in [2.75, 3.05) is 20.2 Å². The van der Waals surface area contributed by atoms with Crippen LogP contribution in [0.5, 0.6) is 5.75 Å². The molecule has 1 aromatic carbocycles. The Morgan fingerprint density at radius 1 is 1.35 bits per heavy atom. The van der Waals surface area contributed by atoms with Crippen molar-refractivity contribution >= 4 is 21.8 Å². The molecule has 0 spiro atoms. The number of furan rings is 1. The Morgan fingerprint density at radius 3 is 2.75 bits per heavy atom. The molecule has 0 aliphatic rings. The fraction of sp³-hybridized carbons (Fsp3) is 0.267. The molecule has 1 heterocycles. The molecule has 0 unspecified atom stereocenters. The van der Waals surface area contributed by atoms with Gasteiger partial charge < -0.3 is 14.1 Å². The number of aryl methyl sites for hydroxylation is 1. The van der Waals surface area contributed by atoms with Crippen LogP contribution in [0.2, 0.25) is 0 Å². The average molecular weight is 338 g/mol. The van der Waals surface area contributed by atoms with Gasteiger partial charge in [0.15, 0.2) is 4.67 Å².